The van der Waals surface area contributed by atoms with Gasteiger partial charge in [0.2, 0.25) is 0 Å². The molecule has 120 valence electrons. The van der Waals surface area contributed by atoms with Crippen molar-refractivity contribution in [1.29, 1.82) is 5.26 Å². The first-order valence-electron chi connectivity index (χ1n) is 7.05. The number of hydrogen-bond acceptors (Lipinski definition) is 6. The van der Waals surface area contributed by atoms with Crippen molar-refractivity contribution in [1.82, 2.24) is 15.4 Å². The highest BCUT2D eigenvalue weighted by molar-refractivity contribution is 9.10. The maximum Gasteiger partial charge on any atom is 0.361 e. The van der Waals surface area contributed by atoms with Crippen LogP contribution in [0.4, 0.5) is 0 Å². The summed E-state index contributed by atoms with van der Waals surface area (Å²) in [5, 5.41) is 18.9. The van der Waals surface area contributed by atoms with E-state index < -0.39 is 5.97 Å². The largest absolute Gasteiger partial charge is 0.493 e. The summed E-state index contributed by atoms with van der Waals surface area (Å²) in [7, 11) is 0. The SMILES string of the molecule is CCOC(=O)c1n[nH]nc1-c1cc(Br)ccc1OCCCC#N. The van der Waals surface area contributed by atoms with Gasteiger partial charge in [-0.25, -0.2) is 4.79 Å². The number of ether oxygens (including phenoxy) is 2. The predicted molar refractivity (Wildman–Crippen MR) is 85.8 cm³/mol. The highest BCUT2D eigenvalue weighted by Crippen LogP contribution is 2.33. The Hall–Kier alpha value is -2.40. The average Bonchev–Trinajstić information content (AvgIpc) is 3.02. The number of benzene rings is 1. The van der Waals surface area contributed by atoms with Gasteiger partial charge in [-0.1, -0.05) is 15.9 Å². The minimum atomic E-state index is -0.549. The molecule has 2 aromatic rings. The lowest BCUT2D eigenvalue weighted by molar-refractivity contribution is 0.0520. The number of carbonyl (C=O) groups excluding carboxylic acids is 1. The van der Waals surface area contributed by atoms with Gasteiger partial charge in [0.1, 0.15) is 11.4 Å². The molecule has 0 spiro atoms. The van der Waals surface area contributed by atoms with Gasteiger partial charge in [0.15, 0.2) is 5.69 Å². The molecule has 1 heterocycles. The van der Waals surface area contributed by atoms with Crippen molar-refractivity contribution in [3.05, 3.63) is 28.4 Å². The molecule has 0 saturated carbocycles. The van der Waals surface area contributed by atoms with E-state index in [4.69, 9.17) is 14.7 Å². The fourth-order valence-corrected chi connectivity index (χ4v) is 2.27. The summed E-state index contributed by atoms with van der Waals surface area (Å²) in [5.74, 6) is 0.0113. The summed E-state index contributed by atoms with van der Waals surface area (Å²) in [6.45, 7) is 2.37. The highest BCUT2D eigenvalue weighted by Gasteiger charge is 2.22. The van der Waals surface area contributed by atoms with Gasteiger partial charge in [0, 0.05) is 16.5 Å². The van der Waals surface area contributed by atoms with Crippen LogP contribution in [0.5, 0.6) is 5.75 Å². The van der Waals surface area contributed by atoms with Gasteiger partial charge in [-0.3, -0.25) is 0 Å². The minimum absolute atomic E-state index is 0.104. The molecule has 0 saturated heterocycles. The second-order valence-electron chi connectivity index (χ2n) is 4.49. The quantitative estimate of drug-likeness (QED) is 0.586. The standard InChI is InChI=1S/C15H15BrN4O3/c1-2-22-15(21)14-13(18-20-19-14)11-9-10(16)5-6-12(11)23-8-4-3-7-17/h5-6,9H,2-4,8H2,1H3,(H,18,19,20). The van der Waals surface area contributed by atoms with Crippen LogP contribution in [0.3, 0.4) is 0 Å². The number of unbranched alkanes of at least 4 members (excludes halogenated alkanes) is 1. The lowest BCUT2D eigenvalue weighted by Crippen LogP contribution is -2.07. The van der Waals surface area contributed by atoms with Crippen molar-refractivity contribution in [3.63, 3.8) is 0 Å². The monoisotopic (exact) mass is 378 g/mol. The van der Waals surface area contributed by atoms with E-state index in [1.54, 1.807) is 19.1 Å². The number of nitriles is 1. The molecule has 1 aromatic heterocycles. The Morgan fingerprint density at radius 1 is 1.43 bits per heavy atom. The average molecular weight is 379 g/mol. The molecule has 8 heteroatoms. The molecule has 0 fully saturated rings. The first-order valence-corrected chi connectivity index (χ1v) is 7.84. The van der Waals surface area contributed by atoms with Gasteiger partial charge in [-0.2, -0.15) is 15.6 Å². The molecule has 7 nitrogen and oxygen atoms in total. The Morgan fingerprint density at radius 3 is 3.00 bits per heavy atom. The van der Waals surface area contributed by atoms with E-state index >= 15 is 0 Å². The van der Waals surface area contributed by atoms with Gasteiger partial charge in [0.05, 0.1) is 19.3 Å². The zero-order valence-corrected chi connectivity index (χ0v) is 14.1. The van der Waals surface area contributed by atoms with Crippen LogP contribution in [-0.2, 0) is 4.74 Å². The summed E-state index contributed by atoms with van der Waals surface area (Å²) in [6, 6.07) is 7.46. The first kappa shape index (κ1) is 17.0. The van der Waals surface area contributed by atoms with Crippen molar-refractivity contribution in [2.24, 2.45) is 0 Å². The Kier molecular flexibility index (Phi) is 6.11. The molecule has 0 bridgehead atoms. The molecule has 2 rings (SSSR count). The lowest BCUT2D eigenvalue weighted by Gasteiger charge is -2.10. The van der Waals surface area contributed by atoms with Crippen LogP contribution in [0, 0.1) is 11.3 Å². The second kappa shape index (κ2) is 8.29. The van der Waals surface area contributed by atoms with E-state index in [-0.39, 0.29) is 12.3 Å². The number of esters is 1. The third-order valence-corrected chi connectivity index (χ3v) is 3.40. The van der Waals surface area contributed by atoms with Crippen molar-refractivity contribution in [3.8, 4) is 23.1 Å². The highest BCUT2D eigenvalue weighted by atomic mass is 79.9. The number of H-pyrrole nitrogens is 1. The number of halogens is 1. The smallest absolute Gasteiger partial charge is 0.361 e. The zero-order valence-electron chi connectivity index (χ0n) is 12.5. The van der Waals surface area contributed by atoms with Gasteiger partial charge in [-0.15, -0.1) is 5.10 Å². The van der Waals surface area contributed by atoms with Crippen molar-refractivity contribution >= 4 is 21.9 Å². The third kappa shape index (κ3) is 4.29. The van der Waals surface area contributed by atoms with Crippen LogP contribution in [0.25, 0.3) is 11.3 Å². The Bertz CT molecular complexity index is 724. The Balaban J connectivity index is 2.32. The number of hydrogen-bond donors (Lipinski definition) is 1. The van der Waals surface area contributed by atoms with Crippen LogP contribution in [0.1, 0.15) is 30.3 Å². The summed E-state index contributed by atoms with van der Waals surface area (Å²) in [4.78, 5) is 12.0. The number of carbonyl (C=O) groups is 1. The molecule has 0 aliphatic heterocycles. The summed E-state index contributed by atoms with van der Waals surface area (Å²) >= 11 is 3.39. The van der Waals surface area contributed by atoms with Gasteiger partial charge < -0.3 is 9.47 Å². The minimum Gasteiger partial charge on any atom is -0.493 e. The molecule has 0 radical (unpaired) electrons. The topological polar surface area (TPSA) is 101 Å². The second-order valence-corrected chi connectivity index (χ2v) is 5.41. The van der Waals surface area contributed by atoms with Gasteiger partial charge in [-0.05, 0) is 31.5 Å². The number of nitrogens with one attached hydrogen (secondary N) is 1. The van der Waals surface area contributed by atoms with Crippen LogP contribution >= 0.6 is 15.9 Å². The molecule has 0 amide bonds. The number of rotatable bonds is 7. The van der Waals surface area contributed by atoms with E-state index in [0.29, 0.717) is 36.5 Å². The molecule has 1 aromatic carbocycles. The van der Waals surface area contributed by atoms with Crippen LogP contribution < -0.4 is 4.74 Å². The zero-order chi connectivity index (χ0) is 16.7. The maximum absolute atomic E-state index is 12.0. The van der Waals surface area contributed by atoms with E-state index in [0.717, 1.165) is 4.47 Å². The van der Waals surface area contributed by atoms with Crippen molar-refractivity contribution in [2.75, 3.05) is 13.2 Å². The number of aromatic amines is 1. The molecular weight excluding hydrogens is 364 g/mol. The van der Waals surface area contributed by atoms with Crippen LogP contribution in [0.15, 0.2) is 22.7 Å². The van der Waals surface area contributed by atoms with Gasteiger partial charge in [0.25, 0.3) is 0 Å². The van der Waals surface area contributed by atoms with E-state index in [9.17, 15) is 4.79 Å². The molecule has 1 N–H and O–H groups in total. The van der Waals surface area contributed by atoms with E-state index in [1.165, 1.54) is 0 Å². The normalized spacial score (nSPS) is 10.1. The molecule has 23 heavy (non-hydrogen) atoms. The molecule has 0 aliphatic carbocycles. The Labute approximate surface area is 141 Å². The first-order chi connectivity index (χ1) is 11.2. The predicted octanol–water partition coefficient (Wildman–Crippen LogP) is 3.09. The van der Waals surface area contributed by atoms with Crippen molar-refractivity contribution < 1.29 is 14.3 Å². The van der Waals surface area contributed by atoms with E-state index in [1.807, 2.05) is 6.07 Å². The molecule has 0 unspecified atom stereocenters. The molecule has 0 aliphatic rings. The van der Waals surface area contributed by atoms with Gasteiger partial charge >= 0.3 is 5.97 Å². The number of aromatic nitrogens is 3. The van der Waals surface area contributed by atoms with Crippen LogP contribution in [0.2, 0.25) is 0 Å². The summed E-state index contributed by atoms with van der Waals surface area (Å²) in [5.41, 5.74) is 1.08. The van der Waals surface area contributed by atoms with E-state index in [2.05, 4.69) is 37.4 Å². The fourth-order valence-electron chi connectivity index (χ4n) is 1.91. The maximum atomic E-state index is 12.0. The van der Waals surface area contributed by atoms with Crippen molar-refractivity contribution in [2.45, 2.75) is 19.8 Å². The Morgan fingerprint density at radius 2 is 2.26 bits per heavy atom. The van der Waals surface area contributed by atoms with Crippen LogP contribution in [-0.4, -0.2) is 34.6 Å². The summed E-state index contributed by atoms with van der Waals surface area (Å²) < 4.78 is 11.5. The summed E-state index contributed by atoms with van der Waals surface area (Å²) in [6.07, 6.45) is 1.04. The molecular formula is C15H15BrN4O3. The third-order valence-electron chi connectivity index (χ3n) is 2.90. The molecule has 0 atom stereocenters. The fraction of sp³-hybridized carbons (Fsp3) is 0.333. The lowest BCUT2D eigenvalue weighted by atomic mass is 10.1. The number of nitrogens with zero attached hydrogens (tertiary/aromatic N) is 3.